The number of aliphatic hydroxyl groups excluding tert-OH is 3. The summed E-state index contributed by atoms with van der Waals surface area (Å²) in [6, 6.07) is 4.54. The first-order valence-electron chi connectivity index (χ1n) is 18.0. The molecule has 1 unspecified atom stereocenters. The van der Waals surface area contributed by atoms with Crippen LogP contribution in [0.5, 0.6) is 0 Å². The van der Waals surface area contributed by atoms with Gasteiger partial charge in [0, 0.05) is 6.61 Å². The Kier molecular flexibility index (Phi) is 19.5. The molecule has 4 nitrogen and oxygen atoms in total. The number of unbranched alkanes of at least 4 members (excludes halogenated alkanes) is 15. The molecule has 0 aliphatic rings. The molecule has 0 aliphatic heterocycles. The summed E-state index contributed by atoms with van der Waals surface area (Å²) in [5.41, 5.74) is 3.17. The molecular formula is C39H72O4. The van der Waals surface area contributed by atoms with Crippen molar-refractivity contribution in [1.29, 1.82) is 0 Å². The predicted octanol–water partition coefficient (Wildman–Crippen LogP) is 10.1. The third kappa shape index (κ3) is 13.9. The number of ether oxygens (including phenoxy) is 1. The Morgan fingerprint density at radius 1 is 0.558 bits per heavy atom. The molecule has 0 saturated heterocycles. The summed E-state index contributed by atoms with van der Waals surface area (Å²) in [5.74, 6) is 0. The van der Waals surface area contributed by atoms with Crippen LogP contribution in [0, 0.1) is 5.41 Å². The largest absolute Gasteiger partial charge is 0.395 e. The molecule has 0 heterocycles. The molecule has 1 atom stereocenters. The molecule has 0 amide bonds. The zero-order chi connectivity index (χ0) is 32.4. The fourth-order valence-electron chi connectivity index (χ4n) is 6.26. The van der Waals surface area contributed by atoms with Crippen molar-refractivity contribution in [3.05, 3.63) is 34.4 Å². The Balaban J connectivity index is 2.74. The summed E-state index contributed by atoms with van der Waals surface area (Å²) in [6.07, 6.45) is 21.5. The van der Waals surface area contributed by atoms with Gasteiger partial charge in [-0.3, -0.25) is 0 Å². The van der Waals surface area contributed by atoms with E-state index < -0.39 is 11.5 Å². The molecule has 43 heavy (non-hydrogen) atoms. The number of hydrogen-bond acceptors (Lipinski definition) is 4. The molecule has 1 aromatic carbocycles. The molecular weight excluding hydrogens is 532 g/mol. The van der Waals surface area contributed by atoms with Crippen molar-refractivity contribution in [2.75, 3.05) is 26.4 Å². The van der Waals surface area contributed by atoms with Crippen molar-refractivity contribution < 1.29 is 20.1 Å². The quantitative estimate of drug-likeness (QED) is 0.103. The molecule has 0 saturated carbocycles. The maximum atomic E-state index is 10.5. The summed E-state index contributed by atoms with van der Waals surface area (Å²) in [4.78, 5) is 0. The lowest BCUT2D eigenvalue weighted by molar-refractivity contribution is -0.118. The van der Waals surface area contributed by atoms with Crippen LogP contribution in [-0.2, 0) is 22.0 Å². The van der Waals surface area contributed by atoms with Gasteiger partial charge >= 0.3 is 0 Å². The van der Waals surface area contributed by atoms with E-state index in [0.717, 1.165) is 24.8 Å². The standard InChI is InChI=1S/C39H72O4/c1-9-11-12-13-14-15-16-17-18-19-20-21-22-23-24-25-26-43-36(39(29-40,30-41)31-42)35-33(37(3,4)5)27-32(10-2)28-34(35)38(6,7)8/h27-28,36,40-42H,9-26,29-31H2,1-8H3. The van der Waals surface area contributed by atoms with E-state index in [2.05, 4.69) is 67.5 Å². The molecule has 0 fully saturated rings. The van der Waals surface area contributed by atoms with Crippen LogP contribution in [0.4, 0.5) is 0 Å². The average molecular weight is 605 g/mol. The van der Waals surface area contributed by atoms with Crippen molar-refractivity contribution in [3.8, 4) is 0 Å². The van der Waals surface area contributed by atoms with E-state index in [1.165, 1.54) is 107 Å². The van der Waals surface area contributed by atoms with E-state index in [-0.39, 0.29) is 30.7 Å². The zero-order valence-electron chi connectivity index (χ0n) is 29.8. The fourth-order valence-corrected chi connectivity index (χ4v) is 6.26. The van der Waals surface area contributed by atoms with Crippen LogP contribution in [-0.4, -0.2) is 41.7 Å². The Morgan fingerprint density at radius 3 is 1.21 bits per heavy atom. The number of hydrogen-bond donors (Lipinski definition) is 3. The highest BCUT2D eigenvalue weighted by Gasteiger charge is 2.44. The maximum absolute atomic E-state index is 10.5. The molecule has 3 N–H and O–H groups in total. The van der Waals surface area contributed by atoms with Gasteiger partial charge in [-0.15, -0.1) is 0 Å². The van der Waals surface area contributed by atoms with Crippen molar-refractivity contribution in [2.24, 2.45) is 5.41 Å². The number of benzene rings is 1. The van der Waals surface area contributed by atoms with Crippen LogP contribution in [0.2, 0.25) is 0 Å². The van der Waals surface area contributed by atoms with Gasteiger partial charge in [-0.2, -0.15) is 0 Å². The van der Waals surface area contributed by atoms with Gasteiger partial charge in [-0.25, -0.2) is 0 Å². The minimum absolute atomic E-state index is 0.164. The van der Waals surface area contributed by atoms with Crippen molar-refractivity contribution >= 4 is 0 Å². The fraction of sp³-hybridized carbons (Fsp3) is 0.846. The van der Waals surface area contributed by atoms with E-state index in [9.17, 15) is 15.3 Å². The summed E-state index contributed by atoms with van der Waals surface area (Å²) in [5, 5.41) is 31.6. The summed E-state index contributed by atoms with van der Waals surface area (Å²) in [7, 11) is 0. The highest BCUT2D eigenvalue weighted by atomic mass is 16.5. The first kappa shape index (κ1) is 40.1. The SMILES string of the molecule is CCCCCCCCCCCCCCCCCCOC(c1c(C(C)(C)C)cc(CC)cc1C(C)(C)C)C(CO)(CO)CO. The van der Waals surface area contributed by atoms with E-state index >= 15 is 0 Å². The van der Waals surface area contributed by atoms with E-state index in [1.807, 2.05) is 0 Å². The smallest absolute Gasteiger partial charge is 0.0953 e. The minimum atomic E-state index is -1.16. The zero-order valence-corrected chi connectivity index (χ0v) is 29.8. The van der Waals surface area contributed by atoms with E-state index in [1.54, 1.807) is 0 Å². The minimum Gasteiger partial charge on any atom is -0.395 e. The molecule has 4 heteroatoms. The number of aryl methyl sites for hydroxylation is 1. The lowest BCUT2D eigenvalue weighted by Gasteiger charge is -2.42. The summed E-state index contributed by atoms with van der Waals surface area (Å²) < 4.78 is 6.65. The van der Waals surface area contributed by atoms with Gasteiger partial charge in [0.15, 0.2) is 0 Å². The van der Waals surface area contributed by atoms with Gasteiger partial charge in [0.05, 0.1) is 31.3 Å². The van der Waals surface area contributed by atoms with Gasteiger partial charge in [-0.1, -0.05) is 164 Å². The first-order chi connectivity index (χ1) is 20.4. The van der Waals surface area contributed by atoms with Crippen LogP contribution < -0.4 is 0 Å². The average Bonchev–Trinajstić information content (AvgIpc) is 2.97. The highest BCUT2D eigenvalue weighted by Crippen LogP contribution is 2.46. The van der Waals surface area contributed by atoms with Crippen LogP contribution in [0.25, 0.3) is 0 Å². The Hall–Kier alpha value is -0.940. The Morgan fingerprint density at radius 2 is 0.907 bits per heavy atom. The van der Waals surface area contributed by atoms with Crippen molar-refractivity contribution in [2.45, 2.75) is 181 Å². The molecule has 0 aliphatic carbocycles. The lowest BCUT2D eigenvalue weighted by atomic mass is 9.69. The van der Waals surface area contributed by atoms with Crippen LogP contribution in [0.15, 0.2) is 12.1 Å². The summed E-state index contributed by atoms with van der Waals surface area (Å²) >= 11 is 0. The molecule has 252 valence electrons. The van der Waals surface area contributed by atoms with Crippen LogP contribution in [0.3, 0.4) is 0 Å². The van der Waals surface area contributed by atoms with Gasteiger partial charge < -0.3 is 20.1 Å². The van der Waals surface area contributed by atoms with Gasteiger partial charge in [0.25, 0.3) is 0 Å². The third-order valence-electron chi connectivity index (χ3n) is 9.31. The molecule has 1 rings (SSSR count). The monoisotopic (exact) mass is 605 g/mol. The highest BCUT2D eigenvalue weighted by molar-refractivity contribution is 5.48. The molecule has 0 bridgehead atoms. The molecule has 0 radical (unpaired) electrons. The molecule has 1 aromatic rings. The van der Waals surface area contributed by atoms with Crippen molar-refractivity contribution in [1.82, 2.24) is 0 Å². The van der Waals surface area contributed by atoms with E-state index in [0.29, 0.717) is 6.61 Å². The van der Waals surface area contributed by atoms with Crippen LogP contribution in [0.1, 0.15) is 186 Å². The van der Waals surface area contributed by atoms with Gasteiger partial charge in [0.2, 0.25) is 0 Å². The Bertz CT molecular complexity index is 801. The maximum Gasteiger partial charge on any atom is 0.0953 e. The molecule has 0 spiro atoms. The second-order valence-electron chi connectivity index (χ2n) is 15.3. The second-order valence-corrected chi connectivity index (χ2v) is 15.3. The summed E-state index contributed by atoms with van der Waals surface area (Å²) in [6.45, 7) is 17.3. The van der Waals surface area contributed by atoms with Gasteiger partial charge in [0.1, 0.15) is 0 Å². The van der Waals surface area contributed by atoms with Crippen LogP contribution >= 0.6 is 0 Å². The number of rotatable bonds is 24. The van der Waals surface area contributed by atoms with Crippen molar-refractivity contribution in [3.63, 3.8) is 0 Å². The molecule has 0 aromatic heterocycles. The first-order valence-corrected chi connectivity index (χ1v) is 18.0. The lowest BCUT2D eigenvalue weighted by Crippen LogP contribution is -2.43. The van der Waals surface area contributed by atoms with Gasteiger partial charge in [-0.05, 0) is 45.9 Å². The normalized spacial score (nSPS) is 13.6. The third-order valence-corrected chi connectivity index (χ3v) is 9.31. The Labute approximate surface area is 267 Å². The predicted molar refractivity (Wildman–Crippen MR) is 185 cm³/mol. The topological polar surface area (TPSA) is 69.9 Å². The number of aliphatic hydroxyl groups is 3. The van der Waals surface area contributed by atoms with E-state index in [4.69, 9.17) is 4.74 Å². The second kappa shape index (κ2) is 21.0.